The van der Waals surface area contributed by atoms with E-state index in [1.807, 2.05) is 22.6 Å². The summed E-state index contributed by atoms with van der Waals surface area (Å²) < 4.78 is 27.8. The first-order chi connectivity index (χ1) is 9.52. The SMILES string of the molecule is Nc1nc(I)cc(N(CCO)c2cccc(F)c2F)n1. The Morgan fingerprint density at radius 2 is 2.05 bits per heavy atom. The van der Waals surface area contributed by atoms with E-state index in [0.717, 1.165) is 6.07 Å². The number of aliphatic hydroxyl groups is 1. The zero-order valence-electron chi connectivity index (χ0n) is 10.2. The Hall–Kier alpha value is -1.55. The summed E-state index contributed by atoms with van der Waals surface area (Å²) in [6.45, 7) is -0.205. The van der Waals surface area contributed by atoms with Crippen molar-refractivity contribution in [1.29, 1.82) is 0 Å². The van der Waals surface area contributed by atoms with Crippen molar-refractivity contribution in [3.05, 3.63) is 39.6 Å². The Morgan fingerprint density at radius 3 is 2.70 bits per heavy atom. The highest BCUT2D eigenvalue weighted by Crippen LogP contribution is 2.28. The molecule has 0 atom stereocenters. The summed E-state index contributed by atoms with van der Waals surface area (Å²) in [5.41, 5.74) is 5.53. The van der Waals surface area contributed by atoms with Crippen molar-refractivity contribution in [2.75, 3.05) is 23.8 Å². The number of nitrogen functional groups attached to an aromatic ring is 1. The molecule has 1 aromatic carbocycles. The van der Waals surface area contributed by atoms with Gasteiger partial charge in [0.15, 0.2) is 11.6 Å². The third kappa shape index (κ3) is 3.12. The zero-order chi connectivity index (χ0) is 14.7. The van der Waals surface area contributed by atoms with Crippen molar-refractivity contribution in [3.63, 3.8) is 0 Å². The van der Waals surface area contributed by atoms with Crippen LogP contribution in [-0.4, -0.2) is 28.2 Å². The topological polar surface area (TPSA) is 75.3 Å². The maximum atomic E-state index is 13.9. The third-order valence-electron chi connectivity index (χ3n) is 2.52. The number of aromatic nitrogens is 2. The standard InChI is InChI=1S/C12H11F2IN4O/c13-7-2-1-3-8(11(7)14)19(4-5-20)10-6-9(15)17-12(16)18-10/h1-3,6,20H,4-5H2,(H2,16,17,18). The second-order valence-corrected chi connectivity index (χ2v) is 4.96. The summed E-state index contributed by atoms with van der Waals surface area (Å²) in [5.74, 6) is -1.66. The van der Waals surface area contributed by atoms with Gasteiger partial charge in [0.2, 0.25) is 5.95 Å². The molecule has 20 heavy (non-hydrogen) atoms. The quantitative estimate of drug-likeness (QED) is 0.616. The van der Waals surface area contributed by atoms with Crippen LogP contribution in [0.2, 0.25) is 0 Å². The lowest BCUT2D eigenvalue weighted by atomic mass is 10.2. The highest BCUT2D eigenvalue weighted by Gasteiger charge is 2.18. The Balaban J connectivity index is 2.53. The van der Waals surface area contributed by atoms with Gasteiger partial charge in [0.05, 0.1) is 12.3 Å². The van der Waals surface area contributed by atoms with Crippen LogP contribution in [0.15, 0.2) is 24.3 Å². The first-order valence-corrected chi connectivity index (χ1v) is 6.73. The fourth-order valence-corrected chi connectivity index (χ4v) is 2.25. The second kappa shape index (κ2) is 6.27. The van der Waals surface area contributed by atoms with Crippen LogP contribution in [0.25, 0.3) is 0 Å². The van der Waals surface area contributed by atoms with Crippen molar-refractivity contribution in [3.8, 4) is 0 Å². The van der Waals surface area contributed by atoms with Gasteiger partial charge in [0, 0.05) is 12.6 Å². The molecule has 2 rings (SSSR count). The van der Waals surface area contributed by atoms with Crippen LogP contribution in [0, 0.1) is 15.3 Å². The van der Waals surface area contributed by atoms with Crippen LogP contribution in [0.1, 0.15) is 0 Å². The molecule has 0 aliphatic heterocycles. The van der Waals surface area contributed by atoms with Crippen molar-refractivity contribution >= 4 is 40.0 Å². The predicted octanol–water partition coefficient (Wildman–Crippen LogP) is 2.07. The monoisotopic (exact) mass is 392 g/mol. The lowest BCUT2D eigenvalue weighted by Gasteiger charge is -2.23. The molecule has 5 nitrogen and oxygen atoms in total. The van der Waals surface area contributed by atoms with Gasteiger partial charge in [-0.25, -0.2) is 13.8 Å². The normalized spacial score (nSPS) is 10.6. The summed E-state index contributed by atoms with van der Waals surface area (Å²) in [7, 11) is 0. The number of anilines is 3. The maximum Gasteiger partial charge on any atom is 0.222 e. The largest absolute Gasteiger partial charge is 0.395 e. The van der Waals surface area contributed by atoms with E-state index in [1.165, 1.54) is 17.0 Å². The van der Waals surface area contributed by atoms with Crippen LogP contribution in [0.4, 0.5) is 26.2 Å². The molecular weight excluding hydrogens is 381 g/mol. The van der Waals surface area contributed by atoms with E-state index in [0.29, 0.717) is 9.52 Å². The minimum Gasteiger partial charge on any atom is -0.395 e. The number of rotatable bonds is 4. The minimum absolute atomic E-state index is 0.0200. The molecule has 1 aromatic heterocycles. The minimum atomic E-state index is -1.01. The fourth-order valence-electron chi connectivity index (χ4n) is 1.72. The van der Waals surface area contributed by atoms with Gasteiger partial charge in [-0.1, -0.05) is 6.07 Å². The number of hydrogen-bond acceptors (Lipinski definition) is 5. The zero-order valence-corrected chi connectivity index (χ0v) is 12.4. The van der Waals surface area contributed by atoms with Crippen molar-refractivity contribution in [2.24, 2.45) is 0 Å². The summed E-state index contributed by atoms with van der Waals surface area (Å²) >= 11 is 1.94. The van der Waals surface area contributed by atoms with Gasteiger partial charge in [0.1, 0.15) is 9.52 Å². The highest BCUT2D eigenvalue weighted by molar-refractivity contribution is 14.1. The van der Waals surface area contributed by atoms with Gasteiger partial charge in [-0.05, 0) is 34.7 Å². The van der Waals surface area contributed by atoms with Gasteiger partial charge in [0.25, 0.3) is 0 Å². The molecule has 0 aliphatic rings. The van der Waals surface area contributed by atoms with E-state index in [9.17, 15) is 8.78 Å². The van der Waals surface area contributed by atoms with Crippen LogP contribution in [-0.2, 0) is 0 Å². The molecule has 8 heteroatoms. The van der Waals surface area contributed by atoms with E-state index >= 15 is 0 Å². The predicted molar refractivity (Wildman–Crippen MR) is 79.6 cm³/mol. The molecule has 0 unspecified atom stereocenters. The number of nitrogens with zero attached hydrogens (tertiary/aromatic N) is 3. The Kier molecular flexibility index (Phi) is 4.65. The van der Waals surface area contributed by atoms with Crippen LogP contribution in [0.5, 0.6) is 0 Å². The molecule has 0 amide bonds. The number of aliphatic hydroxyl groups excluding tert-OH is 1. The molecule has 2 aromatic rings. The number of halogens is 3. The molecule has 0 saturated heterocycles. The first-order valence-electron chi connectivity index (χ1n) is 5.65. The van der Waals surface area contributed by atoms with Gasteiger partial charge >= 0.3 is 0 Å². The lowest BCUT2D eigenvalue weighted by molar-refractivity contribution is 0.305. The molecule has 0 saturated carbocycles. The number of benzene rings is 1. The molecule has 0 bridgehead atoms. The Morgan fingerprint density at radius 1 is 1.30 bits per heavy atom. The maximum absolute atomic E-state index is 13.9. The van der Waals surface area contributed by atoms with Gasteiger partial charge in [-0.3, -0.25) is 0 Å². The smallest absolute Gasteiger partial charge is 0.222 e. The average Bonchev–Trinajstić information content (AvgIpc) is 2.38. The molecule has 0 aliphatic carbocycles. The molecule has 106 valence electrons. The number of hydrogen-bond donors (Lipinski definition) is 2. The van der Waals surface area contributed by atoms with Crippen molar-refractivity contribution in [1.82, 2.24) is 9.97 Å². The highest BCUT2D eigenvalue weighted by atomic mass is 127. The molecular formula is C12H11F2IN4O. The summed E-state index contributed by atoms with van der Waals surface area (Å²) in [6, 6.07) is 5.37. The van der Waals surface area contributed by atoms with Gasteiger partial charge < -0.3 is 15.7 Å². The van der Waals surface area contributed by atoms with Crippen molar-refractivity contribution in [2.45, 2.75) is 0 Å². The second-order valence-electron chi connectivity index (χ2n) is 3.86. The number of nitrogens with two attached hydrogens (primary N) is 1. The van der Waals surface area contributed by atoms with E-state index in [-0.39, 0.29) is 24.8 Å². The third-order valence-corrected chi connectivity index (χ3v) is 3.07. The first kappa shape index (κ1) is 14.9. The molecule has 0 fully saturated rings. The summed E-state index contributed by atoms with van der Waals surface area (Å²) in [5, 5.41) is 9.12. The van der Waals surface area contributed by atoms with Crippen LogP contribution < -0.4 is 10.6 Å². The van der Waals surface area contributed by atoms with E-state index in [2.05, 4.69) is 9.97 Å². The van der Waals surface area contributed by atoms with Crippen LogP contribution in [0.3, 0.4) is 0 Å². The van der Waals surface area contributed by atoms with E-state index in [4.69, 9.17) is 10.8 Å². The lowest BCUT2D eigenvalue weighted by Crippen LogP contribution is -2.24. The van der Waals surface area contributed by atoms with Gasteiger partial charge in [-0.15, -0.1) is 0 Å². The average molecular weight is 392 g/mol. The van der Waals surface area contributed by atoms with Gasteiger partial charge in [-0.2, -0.15) is 4.98 Å². The van der Waals surface area contributed by atoms with E-state index < -0.39 is 11.6 Å². The summed E-state index contributed by atoms with van der Waals surface area (Å²) in [6.07, 6.45) is 0. The van der Waals surface area contributed by atoms with Crippen molar-refractivity contribution < 1.29 is 13.9 Å². The molecule has 0 radical (unpaired) electrons. The van der Waals surface area contributed by atoms with Crippen LogP contribution >= 0.6 is 22.6 Å². The fraction of sp³-hybridized carbons (Fsp3) is 0.167. The Labute approximate surface area is 127 Å². The summed E-state index contributed by atoms with van der Waals surface area (Å²) in [4.78, 5) is 9.24. The molecule has 0 spiro atoms. The Bertz CT molecular complexity index is 606. The molecule has 1 heterocycles. The molecule has 3 N–H and O–H groups in total. The van der Waals surface area contributed by atoms with E-state index in [1.54, 1.807) is 6.07 Å².